The van der Waals surface area contributed by atoms with E-state index in [1.165, 1.54) is 23.9 Å². The highest BCUT2D eigenvalue weighted by molar-refractivity contribution is 7.99. The average Bonchev–Trinajstić information content (AvgIpc) is 3.39. The molecular weight excluding hydrogens is 596 g/mol. The van der Waals surface area contributed by atoms with Gasteiger partial charge in [0.15, 0.2) is 5.16 Å². The zero-order valence-electron chi connectivity index (χ0n) is 23.1. The molecule has 1 aliphatic heterocycles. The van der Waals surface area contributed by atoms with Gasteiger partial charge in [-0.2, -0.15) is 0 Å². The highest BCUT2D eigenvalue weighted by Gasteiger charge is 2.31. The largest absolute Gasteiger partial charge is 0.339 e. The van der Waals surface area contributed by atoms with Crippen LogP contribution >= 0.6 is 35.0 Å². The van der Waals surface area contributed by atoms with Gasteiger partial charge in [-0.15, -0.1) is 10.2 Å². The number of benzene rings is 3. The molecule has 11 heteroatoms. The van der Waals surface area contributed by atoms with Crippen molar-refractivity contribution in [2.75, 3.05) is 25.4 Å². The van der Waals surface area contributed by atoms with Gasteiger partial charge in [0, 0.05) is 44.3 Å². The number of hydrogen-bond donors (Lipinski definition) is 0. The van der Waals surface area contributed by atoms with Crippen molar-refractivity contribution in [2.45, 2.75) is 37.4 Å². The normalized spacial score (nSPS) is 15.2. The van der Waals surface area contributed by atoms with Crippen LogP contribution in [0.2, 0.25) is 10.0 Å². The van der Waals surface area contributed by atoms with Gasteiger partial charge in [0.05, 0.1) is 21.3 Å². The van der Waals surface area contributed by atoms with E-state index in [1.54, 1.807) is 34.1 Å². The lowest BCUT2D eigenvalue weighted by molar-refractivity contribution is -0.133. The number of thioether (sulfide) groups is 1. The van der Waals surface area contributed by atoms with Crippen LogP contribution in [-0.2, 0) is 11.2 Å². The van der Waals surface area contributed by atoms with E-state index in [9.17, 15) is 14.0 Å². The minimum atomic E-state index is -0.534. The lowest BCUT2D eigenvalue weighted by atomic mass is 10.1. The summed E-state index contributed by atoms with van der Waals surface area (Å²) < 4.78 is 16.1. The second-order valence-electron chi connectivity index (χ2n) is 10.1. The molecule has 0 spiro atoms. The molecule has 5 rings (SSSR count). The Kier molecular flexibility index (Phi) is 9.82. The lowest BCUT2D eigenvalue weighted by Crippen LogP contribution is -2.55. The topological polar surface area (TPSA) is 71.3 Å². The Labute approximate surface area is 258 Å². The average molecular weight is 627 g/mol. The van der Waals surface area contributed by atoms with E-state index < -0.39 is 5.82 Å². The van der Waals surface area contributed by atoms with Crippen molar-refractivity contribution in [3.63, 3.8) is 0 Å². The third kappa shape index (κ3) is 6.97. The van der Waals surface area contributed by atoms with E-state index in [0.29, 0.717) is 59.9 Å². The predicted molar refractivity (Wildman–Crippen MR) is 164 cm³/mol. The molecular formula is C31H30Cl2FN5O2S. The maximum atomic E-state index is 14.1. The predicted octanol–water partition coefficient (Wildman–Crippen LogP) is 6.55. The van der Waals surface area contributed by atoms with E-state index in [-0.39, 0.29) is 23.4 Å². The summed E-state index contributed by atoms with van der Waals surface area (Å²) in [6.07, 6.45) is 1.62. The van der Waals surface area contributed by atoms with Gasteiger partial charge in [-0.3, -0.25) is 14.2 Å². The fraction of sp³-hybridized carbons (Fsp3) is 0.290. The number of halogens is 3. The zero-order chi connectivity index (χ0) is 29.6. The molecule has 0 radical (unpaired) electrons. The van der Waals surface area contributed by atoms with Crippen LogP contribution in [0.1, 0.15) is 41.5 Å². The molecule has 1 aliphatic rings. The fourth-order valence-corrected chi connectivity index (χ4v) is 6.19. The van der Waals surface area contributed by atoms with Crippen LogP contribution in [0.15, 0.2) is 78.0 Å². The van der Waals surface area contributed by atoms with E-state index in [4.69, 9.17) is 23.2 Å². The van der Waals surface area contributed by atoms with E-state index in [2.05, 4.69) is 10.2 Å². The molecule has 2 heterocycles. The summed E-state index contributed by atoms with van der Waals surface area (Å²) in [6.45, 7) is 3.09. The zero-order valence-corrected chi connectivity index (χ0v) is 25.4. The molecule has 7 nitrogen and oxygen atoms in total. The van der Waals surface area contributed by atoms with E-state index in [0.717, 1.165) is 17.1 Å². The number of nitrogens with zero attached hydrogens (tertiary/aromatic N) is 5. The Bertz CT molecular complexity index is 1570. The number of carbonyl (C=O) groups is 2. The summed E-state index contributed by atoms with van der Waals surface area (Å²) in [5.74, 6) is 0.596. The minimum absolute atomic E-state index is 0.0381. The molecule has 0 saturated carbocycles. The van der Waals surface area contributed by atoms with E-state index >= 15 is 0 Å². The SMILES string of the molecule is CC1CN(C(=O)CCCSc2nnc(Cc3ccccc3)n2-c2ccc(Cl)c(Cl)c2)CCN1C(=O)c1ccccc1F. The molecule has 0 N–H and O–H groups in total. The molecule has 1 fully saturated rings. The number of amides is 2. The highest BCUT2D eigenvalue weighted by atomic mass is 35.5. The molecule has 218 valence electrons. The summed E-state index contributed by atoms with van der Waals surface area (Å²) in [4.78, 5) is 29.3. The second-order valence-corrected chi connectivity index (χ2v) is 12.0. The molecule has 1 atom stereocenters. The number of piperazine rings is 1. The van der Waals surface area contributed by atoms with Crippen LogP contribution in [0, 0.1) is 5.82 Å². The summed E-state index contributed by atoms with van der Waals surface area (Å²) >= 11 is 14.0. The first-order valence-corrected chi connectivity index (χ1v) is 15.5. The van der Waals surface area contributed by atoms with Crippen molar-refractivity contribution < 1.29 is 14.0 Å². The second kappa shape index (κ2) is 13.7. The van der Waals surface area contributed by atoms with Crippen LogP contribution in [-0.4, -0.2) is 67.8 Å². The fourth-order valence-electron chi connectivity index (χ4n) is 4.99. The van der Waals surface area contributed by atoms with Crippen LogP contribution in [0.4, 0.5) is 4.39 Å². The standard InChI is InChI=1S/C31H30Cl2FN5O2S/c1-21-20-37(15-16-38(21)30(41)24-10-5-6-11-27(24)34)29(40)12-7-17-42-31-36-35-28(18-22-8-3-2-4-9-22)39(31)23-13-14-25(32)26(33)19-23/h2-6,8-11,13-14,19,21H,7,12,15-18,20H2,1H3. The van der Waals surface area contributed by atoms with Gasteiger partial charge in [0.25, 0.3) is 5.91 Å². The molecule has 0 aliphatic carbocycles. The van der Waals surface area contributed by atoms with Crippen molar-refractivity contribution in [3.05, 3.63) is 106 Å². The van der Waals surface area contributed by atoms with Gasteiger partial charge in [-0.05, 0) is 49.2 Å². The molecule has 2 amide bonds. The molecule has 1 unspecified atom stereocenters. The van der Waals surface area contributed by atoms with Crippen molar-refractivity contribution in [1.82, 2.24) is 24.6 Å². The van der Waals surface area contributed by atoms with Crippen LogP contribution in [0.25, 0.3) is 5.69 Å². The third-order valence-corrected chi connectivity index (χ3v) is 8.93. The summed E-state index contributed by atoms with van der Waals surface area (Å²) in [6, 6.07) is 21.3. The number of hydrogen-bond acceptors (Lipinski definition) is 5. The number of rotatable bonds is 9. The highest BCUT2D eigenvalue weighted by Crippen LogP contribution is 2.29. The van der Waals surface area contributed by atoms with Crippen molar-refractivity contribution >= 4 is 46.8 Å². The van der Waals surface area contributed by atoms with Crippen molar-refractivity contribution in [1.29, 1.82) is 0 Å². The van der Waals surface area contributed by atoms with E-state index in [1.807, 2.05) is 47.9 Å². The minimum Gasteiger partial charge on any atom is -0.339 e. The van der Waals surface area contributed by atoms with Gasteiger partial charge >= 0.3 is 0 Å². The molecule has 0 bridgehead atoms. The first-order chi connectivity index (χ1) is 20.3. The molecule has 42 heavy (non-hydrogen) atoms. The Balaban J connectivity index is 1.18. The smallest absolute Gasteiger partial charge is 0.257 e. The molecule has 1 saturated heterocycles. The van der Waals surface area contributed by atoms with Crippen molar-refractivity contribution in [3.8, 4) is 5.69 Å². The van der Waals surface area contributed by atoms with Gasteiger partial charge in [-0.25, -0.2) is 4.39 Å². The van der Waals surface area contributed by atoms with Gasteiger partial charge in [-0.1, -0.05) is 77.4 Å². The lowest BCUT2D eigenvalue weighted by Gasteiger charge is -2.40. The third-order valence-electron chi connectivity index (χ3n) is 7.18. The maximum absolute atomic E-state index is 14.1. The van der Waals surface area contributed by atoms with Crippen LogP contribution in [0.5, 0.6) is 0 Å². The molecule has 4 aromatic rings. The summed E-state index contributed by atoms with van der Waals surface area (Å²) in [7, 11) is 0. The first-order valence-electron chi connectivity index (χ1n) is 13.7. The van der Waals surface area contributed by atoms with Crippen LogP contribution in [0.3, 0.4) is 0 Å². The van der Waals surface area contributed by atoms with Crippen molar-refractivity contribution in [2.24, 2.45) is 0 Å². The maximum Gasteiger partial charge on any atom is 0.257 e. The van der Waals surface area contributed by atoms with Gasteiger partial charge in [0.2, 0.25) is 5.91 Å². The Hall–Kier alpha value is -3.40. The molecule has 1 aromatic heterocycles. The molecule has 3 aromatic carbocycles. The van der Waals surface area contributed by atoms with Gasteiger partial charge in [0.1, 0.15) is 11.6 Å². The van der Waals surface area contributed by atoms with Gasteiger partial charge < -0.3 is 9.80 Å². The summed E-state index contributed by atoms with van der Waals surface area (Å²) in [5, 5.41) is 10.5. The number of carbonyl (C=O) groups excluding carboxylic acids is 2. The summed E-state index contributed by atoms with van der Waals surface area (Å²) in [5.41, 5.74) is 1.98. The Morgan fingerprint density at radius 3 is 2.48 bits per heavy atom. The van der Waals surface area contributed by atoms with Crippen LogP contribution < -0.4 is 0 Å². The Morgan fingerprint density at radius 1 is 0.976 bits per heavy atom. The first kappa shape index (κ1) is 30.1. The Morgan fingerprint density at radius 2 is 1.74 bits per heavy atom. The number of aromatic nitrogens is 3. The monoisotopic (exact) mass is 625 g/mol. The quantitative estimate of drug-likeness (QED) is 0.156.